The van der Waals surface area contributed by atoms with Gasteiger partial charge < -0.3 is 5.32 Å². The molecule has 0 unspecified atom stereocenters. The zero-order valence-electron chi connectivity index (χ0n) is 11.9. The van der Waals surface area contributed by atoms with E-state index in [4.69, 9.17) is 0 Å². The summed E-state index contributed by atoms with van der Waals surface area (Å²) in [6.45, 7) is 4.37. The minimum Gasteiger partial charge on any atom is -0.326 e. The molecule has 102 valence electrons. The van der Waals surface area contributed by atoms with Crippen LogP contribution in [0.5, 0.6) is 0 Å². The monoisotopic (exact) mass is 257 g/mol. The van der Waals surface area contributed by atoms with Crippen molar-refractivity contribution in [1.29, 1.82) is 0 Å². The molecule has 19 heavy (non-hydrogen) atoms. The highest BCUT2D eigenvalue weighted by atomic mass is 16.1. The molecule has 2 fully saturated rings. The molecule has 0 radical (unpaired) electrons. The standard InChI is InChI=1S/C17H23NO/c1-11(2)13-5-7-15(8-6-13)18-17(19)16-10-12-3-4-14(16)9-12/h5-8,11-12,14,16H,3-4,9-10H2,1-2H3,(H,18,19)/t12-,14+,16+/m1/s1. The first-order valence-electron chi connectivity index (χ1n) is 7.54. The van der Waals surface area contributed by atoms with Gasteiger partial charge in [-0.2, -0.15) is 0 Å². The molecule has 2 saturated carbocycles. The van der Waals surface area contributed by atoms with E-state index in [1.165, 1.54) is 24.8 Å². The highest BCUT2D eigenvalue weighted by Crippen LogP contribution is 2.48. The molecular formula is C17H23NO. The first kappa shape index (κ1) is 12.7. The largest absolute Gasteiger partial charge is 0.326 e. The number of amides is 1. The van der Waals surface area contributed by atoms with Gasteiger partial charge in [0.05, 0.1) is 0 Å². The summed E-state index contributed by atoms with van der Waals surface area (Å²) < 4.78 is 0. The van der Waals surface area contributed by atoms with Gasteiger partial charge in [-0.25, -0.2) is 0 Å². The van der Waals surface area contributed by atoms with Crippen molar-refractivity contribution in [2.24, 2.45) is 17.8 Å². The molecule has 0 aliphatic heterocycles. The number of hydrogen-bond donors (Lipinski definition) is 1. The Labute approximate surface area is 115 Å². The van der Waals surface area contributed by atoms with Crippen LogP contribution in [0.4, 0.5) is 5.69 Å². The quantitative estimate of drug-likeness (QED) is 0.864. The summed E-state index contributed by atoms with van der Waals surface area (Å²) in [6, 6.07) is 8.28. The average molecular weight is 257 g/mol. The number of nitrogens with one attached hydrogen (secondary N) is 1. The zero-order valence-corrected chi connectivity index (χ0v) is 11.9. The van der Waals surface area contributed by atoms with E-state index in [1.54, 1.807) is 0 Å². The summed E-state index contributed by atoms with van der Waals surface area (Å²) in [7, 11) is 0. The molecule has 0 saturated heterocycles. The van der Waals surface area contributed by atoms with E-state index in [1.807, 2.05) is 12.1 Å². The molecule has 0 spiro atoms. The number of rotatable bonds is 3. The van der Waals surface area contributed by atoms with Crippen molar-refractivity contribution in [2.45, 2.75) is 45.4 Å². The van der Waals surface area contributed by atoms with Gasteiger partial charge in [0.25, 0.3) is 0 Å². The molecule has 2 aliphatic rings. The predicted molar refractivity (Wildman–Crippen MR) is 78.1 cm³/mol. The molecular weight excluding hydrogens is 234 g/mol. The number of anilines is 1. The summed E-state index contributed by atoms with van der Waals surface area (Å²) in [6.07, 6.45) is 5.00. The maximum Gasteiger partial charge on any atom is 0.227 e. The van der Waals surface area contributed by atoms with E-state index in [-0.39, 0.29) is 11.8 Å². The molecule has 2 bridgehead atoms. The second-order valence-corrected chi connectivity index (χ2v) is 6.55. The lowest BCUT2D eigenvalue weighted by Gasteiger charge is -2.20. The topological polar surface area (TPSA) is 29.1 Å². The summed E-state index contributed by atoms with van der Waals surface area (Å²) >= 11 is 0. The van der Waals surface area contributed by atoms with Crippen LogP contribution in [0, 0.1) is 17.8 Å². The van der Waals surface area contributed by atoms with Crippen LogP contribution >= 0.6 is 0 Å². The minimum atomic E-state index is 0.240. The molecule has 2 heteroatoms. The normalized spacial score (nSPS) is 28.9. The van der Waals surface area contributed by atoms with Gasteiger partial charge in [0.2, 0.25) is 5.91 Å². The maximum absolute atomic E-state index is 12.3. The van der Waals surface area contributed by atoms with Gasteiger partial charge in [-0.15, -0.1) is 0 Å². The van der Waals surface area contributed by atoms with Crippen molar-refractivity contribution in [3.8, 4) is 0 Å². The average Bonchev–Trinajstić information content (AvgIpc) is 3.01. The van der Waals surface area contributed by atoms with E-state index in [0.717, 1.165) is 18.0 Å². The Kier molecular flexibility index (Phi) is 3.34. The van der Waals surface area contributed by atoms with Gasteiger partial charge in [0.1, 0.15) is 0 Å². The number of fused-ring (bicyclic) bond motifs is 2. The van der Waals surface area contributed by atoms with Crippen LogP contribution in [0.25, 0.3) is 0 Å². The highest BCUT2D eigenvalue weighted by molar-refractivity contribution is 5.93. The number of hydrogen-bond acceptors (Lipinski definition) is 1. The molecule has 1 N–H and O–H groups in total. The van der Waals surface area contributed by atoms with Gasteiger partial charge >= 0.3 is 0 Å². The first-order valence-corrected chi connectivity index (χ1v) is 7.54. The molecule has 2 aliphatic carbocycles. The molecule has 0 heterocycles. The third-order valence-electron chi connectivity index (χ3n) is 4.92. The summed E-state index contributed by atoms with van der Waals surface area (Å²) in [5.74, 6) is 2.52. The highest BCUT2D eigenvalue weighted by Gasteiger charge is 2.42. The molecule has 1 aromatic rings. The number of benzene rings is 1. The Hall–Kier alpha value is -1.31. The molecule has 0 aromatic heterocycles. The van der Waals surface area contributed by atoms with Crippen molar-refractivity contribution in [2.75, 3.05) is 5.32 Å². The maximum atomic E-state index is 12.3. The van der Waals surface area contributed by atoms with Crippen LogP contribution in [0.2, 0.25) is 0 Å². The molecule has 2 nitrogen and oxygen atoms in total. The molecule has 3 rings (SSSR count). The zero-order chi connectivity index (χ0) is 13.4. The van der Waals surface area contributed by atoms with Crippen molar-refractivity contribution in [3.05, 3.63) is 29.8 Å². The Balaban J connectivity index is 1.63. The number of carbonyl (C=O) groups is 1. The smallest absolute Gasteiger partial charge is 0.227 e. The number of carbonyl (C=O) groups excluding carboxylic acids is 1. The lowest BCUT2D eigenvalue weighted by atomic mass is 9.88. The van der Waals surface area contributed by atoms with Gasteiger partial charge in [0, 0.05) is 11.6 Å². The van der Waals surface area contributed by atoms with E-state index < -0.39 is 0 Å². The predicted octanol–water partition coefficient (Wildman–Crippen LogP) is 4.18. The van der Waals surface area contributed by atoms with E-state index in [2.05, 4.69) is 31.3 Å². The van der Waals surface area contributed by atoms with Crippen LogP contribution in [0.3, 0.4) is 0 Å². The van der Waals surface area contributed by atoms with Crippen LogP contribution in [-0.4, -0.2) is 5.91 Å². The Morgan fingerprint density at radius 3 is 2.42 bits per heavy atom. The van der Waals surface area contributed by atoms with Crippen LogP contribution in [0.15, 0.2) is 24.3 Å². The van der Waals surface area contributed by atoms with Crippen molar-refractivity contribution in [1.82, 2.24) is 0 Å². The SMILES string of the molecule is CC(C)c1ccc(NC(=O)[C@H]2C[C@@H]3CC[C@H]2C3)cc1. The second kappa shape index (κ2) is 4.99. The lowest BCUT2D eigenvalue weighted by molar-refractivity contribution is -0.121. The van der Waals surface area contributed by atoms with E-state index in [9.17, 15) is 4.79 Å². The summed E-state index contributed by atoms with van der Waals surface area (Å²) in [5.41, 5.74) is 2.26. The first-order chi connectivity index (χ1) is 9.13. The minimum absolute atomic E-state index is 0.240. The van der Waals surface area contributed by atoms with Crippen molar-refractivity contribution in [3.63, 3.8) is 0 Å². The molecule has 1 amide bonds. The Morgan fingerprint density at radius 1 is 1.16 bits per heavy atom. The van der Waals surface area contributed by atoms with E-state index in [0.29, 0.717) is 11.8 Å². The van der Waals surface area contributed by atoms with E-state index >= 15 is 0 Å². The van der Waals surface area contributed by atoms with Gasteiger partial charge in [0.15, 0.2) is 0 Å². The third-order valence-corrected chi connectivity index (χ3v) is 4.92. The van der Waals surface area contributed by atoms with Crippen LogP contribution in [-0.2, 0) is 4.79 Å². The molecule has 1 aromatic carbocycles. The second-order valence-electron chi connectivity index (χ2n) is 6.55. The van der Waals surface area contributed by atoms with Crippen LogP contribution < -0.4 is 5.32 Å². The van der Waals surface area contributed by atoms with Crippen molar-refractivity contribution < 1.29 is 4.79 Å². The summed E-state index contributed by atoms with van der Waals surface area (Å²) in [4.78, 5) is 12.3. The van der Waals surface area contributed by atoms with Crippen molar-refractivity contribution >= 4 is 11.6 Å². The van der Waals surface area contributed by atoms with Crippen LogP contribution in [0.1, 0.15) is 51.0 Å². The third kappa shape index (κ3) is 2.54. The Bertz CT molecular complexity index is 463. The lowest BCUT2D eigenvalue weighted by Crippen LogP contribution is -2.27. The molecule has 3 atom stereocenters. The van der Waals surface area contributed by atoms with Gasteiger partial charge in [-0.05, 0) is 54.7 Å². The fourth-order valence-corrected chi connectivity index (χ4v) is 3.75. The summed E-state index contributed by atoms with van der Waals surface area (Å²) in [5, 5.41) is 3.10. The Morgan fingerprint density at radius 2 is 1.89 bits per heavy atom. The fourth-order valence-electron chi connectivity index (χ4n) is 3.75. The van der Waals surface area contributed by atoms with Gasteiger partial charge in [-0.3, -0.25) is 4.79 Å². The van der Waals surface area contributed by atoms with Gasteiger partial charge in [-0.1, -0.05) is 32.4 Å². The fraction of sp³-hybridized carbons (Fsp3) is 0.588.